The molecule has 1 N–H and O–H groups in total. The second-order valence-electron chi connectivity index (χ2n) is 7.90. The summed E-state index contributed by atoms with van der Waals surface area (Å²) in [5, 5.41) is 18.4. The second kappa shape index (κ2) is 8.43. The second-order valence-corrected chi connectivity index (χ2v) is 7.90. The minimum absolute atomic E-state index is 0.0408. The van der Waals surface area contributed by atoms with Crippen molar-refractivity contribution in [3.63, 3.8) is 0 Å². The van der Waals surface area contributed by atoms with Crippen molar-refractivity contribution in [3.8, 4) is 17.0 Å². The molecule has 0 aliphatic carbocycles. The summed E-state index contributed by atoms with van der Waals surface area (Å²) in [5.74, 6) is 0.0754. The lowest BCUT2D eigenvalue weighted by atomic mass is 9.95. The summed E-state index contributed by atoms with van der Waals surface area (Å²) in [6, 6.07) is 18.9. The monoisotopic (exact) mass is 458 g/mol. The summed E-state index contributed by atoms with van der Waals surface area (Å²) in [7, 11) is 1.58. The van der Waals surface area contributed by atoms with E-state index >= 15 is 0 Å². The third kappa shape index (κ3) is 3.66. The van der Waals surface area contributed by atoms with Gasteiger partial charge in [-0.25, -0.2) is 4.39 Å². The molecule has 4 aromatic rings. The predicted molar refractivity (Wildman–Crippen MR) is 122 cm³/mol. The van der Waals surface area contributed by atoms with Crippen LogP contribution in [-0.2, 0) is 6.54 Å². The van der Waals surface area contributed by atoms with Crippen LogP contribution in [0, 0.1) is 15.9 Å². The number of H-pyrrole nitrogens is 1. The molecule has 0 saturated carbocycles. The number of hydrogen-bond acceptors (Lipinski definition) is 5. The number of non-ortho nitro benzene ring substituents is 1. The third-order valence-corrected chi connectivity index (χ3v) is 5.91. The third-order valence-electron chi connectivity index (χ3n) is 5.91. The van der Waals surface area contributed by atoms with Crippen LogP contribution < -0.4 is 4.74 Å². The van der Waals surface area contributed by atoms with Gasteiger partial charge in [0, 0.05) is 29.8 Å². The molecule has 0 fully saturated rings. The molecular weight excluding hydrogens is 439 g/mol. The van der Waals surface area contributed by atoms with Gasteiger partial charge in [0.05, 0.1) is 23.8 Å². The fraction of sp³-hybridized carbons (Fsp3) is 0.120. The standard InChI is InChI=1S/C25H19FN4O4/c1-34-20-12-6-16(7-13-20)22-21-23(28-27-22)25(31)29(14-15-2-8-18(26)9-3-15)24(21)17-4-10-19(11-5-17)30(32)33/h2-13,24H,14H2,1H3,(H,27,28). The Bertz CT molecular complexity index is 1370. The van der Waals surface area contributed by atoms with E-state index < -0.39 is 11.0 Å². The van der Waals surface area contributed by atoms with E-state index in [1.54, 1.807) is 36.3 Å². The highest BCUT2D eigenvalue weighted by Gasteiger charge is 2.42. The zero-order valence-electron chi connectivity index (χ0n) is 18.1. The van der Waals surface area contributed by atoms with Crippen molar-refractivity contribution in [2.75, 3.05) is 7.11 Å². The lowest BCUT2D eigenvalue weighted by Crippen LogP contribution is -2.29. The van der Waals surface area contributed by atoms with Crippen molar-refractivity contribution < 1.29 is 18.8 Å². The first-order valence-electron chi connectivity index (χ1n) is 10.5. The first-order chi connectivity index (χ1) is 16.5. The minimum atomic E-state index is -0.538. The number of ether oxygens (including phenoxy) is 1. The van der Waals surface area contributed by atoms with Crippen molar-refractivity contribution in [1.29, 1.82) is 0 Å². The van der Waals surface area contributed by atoms with Crippen LogP contribution in [0.3, 0.4) is 0 Å². The maximum Gasteiger partial charge on any atom is 0.273 e. The molecule has 1 atom stereocenters. The molecule has 2 heterocycles. The molecule has 9 heteroatoms. The Kier molecular flexibility index (Phi) is 5.29. The number of carbonyl (C=O) groups excluding carboxylic acids is 1. The molecule has 0 bridgehead atoms. The molecule has 3 aromatic carbocycles. The molecule has 170 valence electrons. The summed E-state index contributed by atoms with van der Waals surface area (Å²) in [6.07, 6.45) is 0. The van der Waals surface area contributed by atoms with Gasteiger partial charge in [-0.15, -0.1) is 0 Å². The number of amides is 1. The van der Waals surface area contributed by atoms with Crippen LogP contribution in [0.4, 0.5) is 10.1 Å². The average molecular weight is 458 g/mol. The summed E-state index contributed by atoms with van der Waals surface area (Å²) >= 11 is 0. The van der Waals surface area contributed by atoms with E-state index in [0.717, 1.165) is 11.1 Å². The highest BCUT2D eigenvalue weighted by atomic mass is 19.1. The number of hydrogen-bond donors (Lipinski definition) is 1. The maximum atomic E-state index is 13.4. The van der Waals surface area contributed by atoms with Crippen molar-refractivity contribution in [2.24, 2.45) is 0 Å². The molecule has 8 nitrogen and oxygen atoms in total. The molecule has 1 aliphatic heterocycles. The molecule has 1 aromatic heterocycles. The number of halogens is 1. The molecule has 0 radical (unpaired) electrons. The Morgan fingerprint density at radius 3 is 2.35 bits per heavy atom. The van der Waals surface area contributed by atoms with Gasteiger partial charge in [-0.1, -0.05) is 12.1 Å². The van der Waals surface area contributed by atoms with Gasteiger partial charge in [0.1, 0.15) is 17.3 Å². The number of nitro benzene ring substituents is 1. The van der Waals surface area contributed by atoms with Gasteiger partial charge in [-0.05, 0) is 59.7 Å². The van der Waals surface area contributed by atoms with Gasteiger partial charge >= 0.3 is 0 Å². The summed E-state index contributed by atoms with van der Waals surface area (Å²) in [6.45, 7) is 0.228. The summed E-state index contributed by atoms with van der Waals surface area (Å²) in [4.78, 5) is 25.8. The molecule has 5 rings (SSSR count). The van der Waals surface area contributed by atoms with Gasteiger partial charge in [-0.3, -0.25) is 20.0 Å². The van der Waals surface area contributed by atoms with Crippen molar-refractivity contribution in [3.05, 3.63) is 111 Å². The first kappa shape index (κ1) is 21.3. The predicted octanol–water partition coefficient (Wildman–Crippen LogP) is 4.88. The van der Waals surface area contributed by atoms with E-state index in [1.165, 1.54) is 24.3 Å². The lowest BCUT2D eigenvalue weighted by Gasteiger charge is -2.26. The van der Waals surface area contributed by atoms with Crippen LogP contribution in [0.2, 0.25) is 0 Å². The van der Waals surface area contributed by atoms with Crippen LogP contribution in [0.1, 0.15) is 33.2 Å². The van der Waals surface area contributed by atoms with Crippen LogP contribution in [0.5, 0.6) is 5.75 Å². The quantitative estimate of drug-likeness (QED) is 0.328. The average Bonchev–Trinajstić information content (AvgIpc) is 3.40. The van der Waals surface area contributed by atoms with Crippen molar-refractivity contribution in [2.45, 2.75) is 12.6 Å². The topological polar surface area (TPSA) is 101 Å². The summed E-state index contributed by atoms with van der Waals surface area (Å²) in [5.41, 5.74) is 3.86. The van der Waals surface area contributed by atoms with E-state index in [4.69, 9.17) is 4.74 Å². The lowest BCUT2D eigenvalue weighted by molar-refractivity contribution is -0.384. The first-order valence-corrected chi connectivity index (χ1v) is 10.5. The molecule has 0 spiro atoms. The Balaban J connectivity index is 1.61. The number of fused-ring (bicyclic) bond motifs is 1. The smallest absolute Gasteiger partial charge is 0.273 e. The Hall–Kier alpha value is -4.53. The maximum absolute atomic E-state index is 13.4. The summed E-state index contributed by atoms with van der Waals surface area (Å²) < 4.78 is 18.7. The van der Waals surface area contributed by atoms with Gasteiger partial charge in [0.15, 0.2) is 0 Å². The molecule has 34 heavy (non-hydrogen) atoms. The number of methoxy groups -OCH3 is 1. The van der Waals surface area contributed by atoms with E-state index in [9.17, 15) is 19.3 Å². The molecule has 1 aliphatic rings. The Morgan fingerprint density at radius 1 is 1.06 bits per heavy atom. The number of benzene rings is 3. The van der Waals surface area contributed by atoms with E-state index in [1.807, 2.05) is 24.3 Å². The Morgan fingerprint density at radius 2 is 1.74 bits per heavy atom. The number of nitrogens with one attached hydrogen (secondary N) is 1. The van der Waals surface area contributed by atoms with Crippen molar-refractivity contribution in [1.82, 2.24) is 15.1 Å². The van der Waals surface area contributed by atoms with Gasteiger partial charge in [0.2, 0.25) is 0 Å². The van der Waals surface area contributed by atoms with Crippen molar-refractivity contribution >= 4 is 11.6 Å². The van der Waals surface area contributed by atoms with Gasteiger partial charge < -0.3 is 9.64 Å². The molecule has 1 unspecified atom stereocenters. The number of aromatic amines is 1. The van der Waals surface area contributed by atoms with Gasteiger partial charge in [0.25, 0.3) is 11.6 Å². The number of nitro groups is 1. The number of carbonyl (C=O) groups is 1. The minimum Gasteiger partial charge on any atom is -0.497 e. The number of aromatic nitrogens is 2. The van der Waals surface area contributed by atoms with E-state index in [0.29, 0.717) is 28.3 Å². The molecule has 0 saturated heterocycles. The van der Waals surface area contributed by atoms with E-state index in [2.05, 4.69) is 10.2 Å². The SMILES string of the molecule is COc1ccc(-c2n[nH]c3c2C(c2ccc([N+](=O)[O-])cc2)N(Cc2ccc(F)cc2)C3=O)cc1. The molecular formula is C25H19FN4O4. The Labute approximate surface area is 193 Å². The van der Waals surface area contributed by atoms with Crippen LogP contribution in [-0.4, -0.2) is 33.0 Å². The largest absolute Gasteiger partial charge is 0.497 e. The number of rotatable bonds is 6. The van der Waals surface area contributed by atoms with Gasteiger partial charge in [-0.2, -0.15) is 5.10 Å². The fourth-order valence-corrected chi connectivity index (χ4v) is 4.24. The zero-order chi connectivity index (χ0) is 23.8. The number of nitrogens with zero attached hydrogens (tertiary/aromatic N) is 3. The van der Waals surface area contributed by atoms with Crippen LogP contribution in [0.25, 0.3) is 11.3 Å². The fourth-order valence-electron chi connectivity index (χ4n) is 4.24. The van der Waals surface area contributed by atoms with Crippen LogP contribution in [0.15, 0.2) is 72.8 Å². The highest BCUT2D eigenvalue weighted by Crippen LogP contribution is 2.43. The highest BCUT2D eigenvalue weighted by molar-refractivity contribution is 6.00. The molecule has 1 amide bonds. The zero-order valence-corrected chi connectivity index (χ0v) is 18.1. The van der Waals surface area contributed by atoms with E-state index in [-0.39, 0.29) is 24.0 Å². The normalized spacial score (nSPS) is 14.8. The van der Waals surface area contributed by atoms with Crippen LogP contribution >= 0.6 is 0 Å².